The van der Waals surface area contributed by atoms with Crippen LogP contribution in [0.3, 0.4) is 0 Å². The van der Waals surface area contributed by atoms with Crippen molar-refractivity contribution in [3.63, 3.8) is 0 Å². The van der Waals surface area contributed by atoms with E-state index < -0.39 is 11.6 Å². The van der Waals surface area contributed by atoms with Crippen molar-refractivity contribution < 1.29 is 18.3 Å². The minimum Gasteiger partial charge on any atom is -0.491 e. The highest BCUT2D eigenvalue weighted by Crippen LogP contribution is 2.44. The van der Waals surface area contributed by atoms with Crippen LogP contribution in [-0.2, 0) is 0 Å². The Morgan fingerprint density at radius 1 is 0.852 bits per heavy atom. The Labute approximate surface area is 162 Å². The van der Waals surface area contributed by atoms with E-state index in [2.05, 4.69) is 6.92 Å². The van der Waals surface area contributed by atoms with Gasteiger partial charge in [0.2, 0.25) is 11.6 Å². The number of ether oxygens (including phenoxy) is 2. The van der Waals surface area contributed by atoms with Gasteiger partial charge in [0.1, 0.15) is 0 Å². The third kappa shape index (κ3) is 5.14. The monoisotopic (exact) mass is 378 g/mol. The van der Waals surface area contributed by atoms with Crippen LogP contribution >= 0.6 is 0 Å². The quantitative estimate of drug-likeness (QED) is 0.527. The summed E-state index contributed by atoms with van der Waals surface area (Å²) in [5.74, 6) is 2.71. The molecule has 2 nitrogen and oxygen atoms in total. The number of hydrogen-bond acceptors (Lipinski definition) is 2. The van der Waals surface area contributed by atoms with Crippen LogP contribution in [0.5, 0.6) is 11.5 Å². The molecule has 0 atom stereocenters. The van der Waals surface area contributed by atoms with Gasteiger partial charge < -0.3 is 9.47 Å². The number of hydrogen-bond donors (Lipinski definition) is 0. The van der Waals surface area contributed by atoms with Crippen molar-refractivity contribution in [3.8, 4) is 11.5 Å². The Hall–Kier alpha value is -1.32. The molecule has 0 N–H and O–H groups in total. The second-order valence-corrected chi connectivity index (χ2v) is 7.91. The van der Waals surface area contributed by atoms with Gasteiger partial charge in [-0.2, -0.15) is 8.78 Å². The standard InChI is InChI=1S/C23H32F2O2/c1-3-16-5-9-18(10-6-16)19-11-7-17(8-12-19)15-27-21-14-13-20(26-4-2)22(24)23(21)25/h13-14,17-18H,3-12,15H2,1-2H3. The van der Waals surface area contributed by atoms with E-state index >= 15 is 0 Å². The molecule has 0 heterocycles. The lowest BCUT2D eigenvalue weighted by molar-refractivity contribution is 0.193. The first-order chi connectivity index (χ1) is 13.1. The lowest BCUT2D eigenvalue weighted by atomic mass is 9.69. The van der Waals surface area contributed by atoms with E-state index in [9.17, 15) is 8.78 Å². The van der Waals surface area contributed by atoms with Crippen LogP contribution in [0.25, 0.3) is 0 Å². The number of benzene rings is 1. The summed E-state index contributed by atoms with van der Waals surface area (Å²) < 4.78 is 38.8. The zero-order valence-corrected chi connectivity index (χ0v) is 16.7. The zero-order chi connectivity index (χ0) is 19.2. The second-order valence-electron chi connectivity index (χ2n) is 7.91. The Morgan fingerprint density at radius 3 is 2.00 bits per heavy atom. The summed E-state index contributed by atoms with van der Waals surface area (Å²) in [6, 6.07) is 2.91. The molecule has 2 aliphatic carbocycles. The van der Waals surface area contributed by atoms with E-state index in [0.717, 1.165) is 18.8 Å². The van der Waals surface area contributed by atoms with Crippen molar-refractivity contribution in [2.45, 2.75) is 71.6 Å². The smallest absolute Gasteiger partial charge is 0.204 e. The van der Waals surface area contributed by atoms with Gasteiger partial charge in [0.15, 0.2) is 11.5 Å². The highest BCUT2D eigenvalue weighted by atomic mass is 19.2. The predicted octanol–water partition coefficient (Wildman–Crippen LogP) is 6.68. The maximum Gasteiger partial charge on any atom is 0.204 e. The van der Waals surface area contributed by atoms with Gasteiger partial charge in [-0.3, -0.25) is 0 Å². The van der Waals surface area contributed by atoms with Gasteiger partial charge in [0.25, 0.3) is 0 Å². The summed E-state index contributed by atoms with van der Waals surface area (Å²) in [5, 5.41) is 0. The first-order valence-corrected chi connectivity index (χ1v) is 10.5. The van der Waals surface area contributed by atoms with Gasteiger partial charge in [-0.15, -0.1) is 0 Å². The predicted molar refractivity (Wildman–Crippen MR) is 104 cm³/mol. The van der Waals surface area contributed by atoms with E-state index in [4.69, 9.17) is 9.47 Å². The fourth-order valence-corrected chi connectivity index (χ4v) is 4.51. The average Bonchev–Trinajstić information content (AvgIpc) is 2.71. The molecule has 4 heteroatoms. The normalized spacial score (nSPS) is 20.7. The Kier molecular flexibility index (Phi) is 7.37. The van der Waals surface area contributed by atoms with Gasteiger partial charge in [0.05, 0.1) is 13.2 Å². The molecule has 1 aromatic carbocycles. The first-order valence-electron chi connectivity index (χ1n) is 10.5. The number of halogens is 2. The molecule has 2 radical (unpaired) electrons. The van der Waals surface area contributed by atoms with E-state index in [1.165, 1.54) is 57.1 Å². The summed E-state index contributed by atoms with van der Waals surface area (Å²) in [5.41, 5.74) is 0. The van der Waals surface area contributed by atoms with Crippen LogP contribution in [0.4, 0.5) is 8.78 Å². The SMILES string of the molecule is CCOc1ccc(OCC2CC[C](C3CC[C](CC)CC3)CC2)c(F)c1F. The molecule has 0 spiro atoms. The highest BCUT2D eigenvalue weighted by Gasteiger charge is 2.31. The second kappa shape index (κ2) is 9.75. The molecule has 2 saturated carbocycles. The fraction of sp³-hybridized carbons (Fsp3) is 0.652. The molecule has 0 aromatic heterocycles. The van der Waals surface area contributed by atoms with Crippen molar-refractivity contribution in [1.82, 2.24) is 0 Å². The summed E-state index contributed by atoms with van der Waals surface area (Å²) in [7, 11) is 0. The molecule has 150 valence electrons. The Morgan fingerprint density at radius 2 is 1.44 bits per heavy atom. The molecule has 2 aliphatic rings. The van der Waals surface area contributed by atoms with Gasteiger partial charge in [-0.25, -0.2) is 0 Å². The van der Waals surface area contributed by atoms with Crippen LogP contribution in [0.1, 0.15) is 71.6 Å². The summed E-state index contributed by atoms with van der Waals surface area (Å²) in [4.78, 5) is 0. The van der Waals surface area contributed by atoms with Crippen LogP contribution in [-0.4, -0.2) is 13.2 Å². The van der Waals surface area contributed by atoms with Crippen molar-refractivity contribution in [2.75, 3.05) is 13.2 Å². The third-order valence-electron chi connectivity index (χ3n) is 6.30. The minimum absolute atomic E-state index is 0.0133. The van der Waals surface area contributed by atoms with Crippen LogP contribution in [0, 0.1) is 35.3 Å². The zero-order valence-electron chi connectivity index (χ0n) is 16.7. The van der Waals surface area contributed by atoms with Crippen LogP contribution in [0.2, 0.25) is 0 Å². The van der Waals surface area contributed by atoms with Gasteiger partial charge in [-0.1, -0.05) is 6.92 Å². The van der Waals surface area contributed by atoms with Gasteiger partial charge in [-0.05, 0) is 101 Å². The van der Waals surface area contributed by atoms with E-state index in [1.54, 1.807) is 18.8 Å². The molecule has 0 amide bonds. The summed E-state index contributed by atoms with van der Waals surface area (Å²) in [6.45, 7) is 4.77. The Bertz CT molecular complexity index is 588. The van der Waals surface area contributed by atoms with Crippen molar-refractivity contribution >= 4 is 0 Å². The van der Waals surface area contributed by atoms with E-state index in [0.29, 0.717) is 19.1 Å². The molecule has 3 rings (SSSR count). The topological polar surface area (TPSA) is 18.5 Å². The van der Waals surface area contributed by atoms with Crippen molar-refractivity contribution in [2.24, 2.45) is 11.8 Å². The first kappa shape index (κ1) is 20.4. The molecule has 27 heavy (non-hydrogen) atoms. The lowest BCUT2D eigenvalue weighted by Crippen LogP contribution is -2.26. The van der Waals surface area contributed by atoms with Crippen molar-refractivity contribution in [1.29, 1.82) is 0 Å². The molecule has 0 bridgehead atoms. The van der Waals surface area contributed by atoms with Gasteiger partial charge in [0, 0.05) is 0 Å². The number of rotatable bonds is 7. The average molecular weight is 379 g/mol. The molecular weight excluding hydrogens is 346 g/mol. The fourth-order valence-electron chi connectivity index (χ4n) is 4.51. The van der Waals surface area contributed by atoms with Crippen molar-refractivity contribution in [3.05, 3.63) is 35.6 Å². The van der Waals surface area contributed by atoms with Crippen LogP contribution in [0.15, 0.2) is 12.1 Å². The molecule has 1 aromatic rings. The summed E-state index contributed by atoms with van der Waals surface area (Å²) >= 11 is 0. The maximum atomic E-state index is 14.1. The van der Waals surface area contributed by atoms with E-state index in [-0.39, 0.29) is 11.5 Å². The highest BCUT2D eigenvalue weighted by molar-refractivity contribution is 5.35. The lowest BCUT2D eigenvalue weighted by Gasteiger charge is -2.37. The van der Waals surface area contributed by atoms with Gasteiger partial charge >= 0.3 is 0 Å². The van der Waals surface area contributed by atoms with Crippen LogP contribution < -0.4 is 9.47 Å². The van der Waals surface area contributed by atoms with E-state index in [1.807, 2.05) is 0 Å². The maximum absolute atomic E-state index is 14.1. The molecule has 0 aliphatic heterocycles. The third-order valence-corrected chi connectivity index (χ3v) is 6.30. The summed E-state index contributed by atoms with van der Waals surface area (Å²) in [6.07, 6.45) is 11.0. The molecule has 0 saturated heterocycles. The minimum atomic E-state index is -0.964. The molecule has 2 fully saturated rings. The molecule has 0 unspecified atom stereocenters. The Balaban J connectivity index is 1.44. The molecular formula is C23H32F2O2. The largest absolute Gasteiger partial charge is 0.491 e.